The lowest BCUT2D eigenvalue weighted by atomic mass is 9.75. The molecule has 1 aromatic rings. The van der Waals surface area contributed by atoms with Crippen molar-refractivity contribution in [3.63, 3.8) is 0 Å². The van der Waals surface area contributed by atoms with Gasteiger partial charge >= 0.3 is 0 Å². The number of hydrogen-bond acceptors (Lipinski definition) is 4. The van der Waals surface area contributed by atoms with Gasteiger partial charge in [0.15, 0.2) is 0 Å². The van der Waals surface area contributed by atoms with Crippen LogP contribution in [0.4, 0.5) is 0 Å². The number of aliphatic hydroxyl groups excluding tert-OH is 1. The summed E-state index contributed by atoms with van der Waals surface area (Å²) in [4.78, 5) is 16.3. The Bertz CT molecular complexity index is 582. The lowest BCUT2D eigenvalue weighted by Gasteiger charge is -2.30. The Balaban J connectivity index is 1.46. The summed E-state index contributed by atoms with van der Waals surface area (Å²) in [5.74, 6) is 1.07. The van der Waals surface area contributed by atoms with E-state index < -0.39 is 6.10 Å². The Kier molecular flexibility index (Phi) is 5.04. The van der Waals surface area contributed by atoms with E-state index in [4.69, 9.17) is 0 Å². The topological polar surface area (TPSA) is 90.9 Å². The molecule has 1 aromatic heterocycles. The average Bonchev–Trinajstić information content (AvgIpc) is 3.17. The molecule has 1 amide bonds. The molecule has 0 aliphatic heterocycles. The number of nitrogens with zero attached hydrogens (tertiary/aromatic N) is 2. The lowest BCUT2D eigenvalue weighted by molar-refractivity contribution is -0.116. The number of carbonyl (C=O) groups is 1. The Morgan fingerprint density at radius 2 is 2.17 bits per heavy atom. The van der Waals surface area contributed by atoms with Gasteiger partial charge in [-0.3, -0.25) is 9.89 Å². The first-order valence-electron chi connectivity index (χ1n) is 8.93. The summed E-state index contributed by atoms with van der Waals surface area (Å²) in [6.45, 7) is 5.09. The molecule has 24 heavy (non-hydrogen) atoms. The van der Waals surface area contributed by atoms with E-state index in [0.29, 0.717) is 18.4 Å². The number of hydrogen-bond donors (Lipinski definition) is 3. The van der Waals surface area contributed by atoms with Crippen molar-refractivity contribution >= 4 is 5.91 Å². The summed E-state index contributed by atoms with van der Waals surface area (Å²) in [6.07, 6.45) is 8.67. The van der Waals surface area contributed by atoms with Crippen molar-refractivity contribution in [2.45, 2.75) is 64.4 Å². The number of allylic oxidation sites excluding steroid dienone is 1. The number of aliphatic hydroxyl groups is 1. The smallest absolute Gasteiger partial charge is 0.243 e. The second kappa shape index (κ2) is 7.05. The van der Waals surface area contributed by atoms with Crippen LogP contribution in [0.5, 0.6) is 0 Å². The Morgan fingerprint density at radius 1 is 1.42 bits per heavy atom. The molecule has 132 valence electrons. The van der Waals surface area contributed by atoms with Crippen molar-refractivity contribution in [2.75, 3.05) is 6.54 Å². The van der Waals surface area contributed by atoms with Gasteiger partial charge in [0, 0.05) is 24.5 Å². The molecule has 3 atom stereocenters. The van der Waals surface area contributed by atoms with Crippen molar-refractivity contribution in [1.29, 1.82) is 0 Å². The van der Waals surface area contributed by atoms with Crippen LogP contribution in [0.1, 0.15) is 64.1 Å². The molecule has 3 rings (SSSR count). The number of amides is 1. The molecular weight excluding hydrogens is 304 g/mol. The SMILES string of the molecule is CC1(C)CCC(=CC(=O)NC[C@@H]2C[C@@H](c3ncn[nH]3)C[C@@H]2O)CC1. The van der Waals surface area contributed by atoms with E-state index in [2.05, 4.69) is 34.3 Å². The quantitative estimate of drug-likeness (QED) is 0.738. The highest BCUT2D eigenvalue weighted by Crippen LogP contribution is 2.38. The van der Waals surface area contributed by atoms with Crippen LogP contribution in [0.3, 0.4) is 0 Å². The molecule has 2 aliphatic carbocycles. The highest BCUT2D eigenvalue weighted by atomic mass is 16.3. The summed E-state index contributed by atoms with van der Waals surface area (Å²) >= 11 is 0. The molecule has 0 radical (unpaired) electrons. The monoisotopic (exact) mass is 332 g/mol. The minimum atomic E-state index is -0.400. The van der Waals surface area contributed by atoms with Crippen LogP contribution in [-0.4, -0.2) is 38.8 Å². The van der Waals surface area contributed by atoms with E-state index in [-0.39, 0.29) is 17.7 Å². The van der Waals surface area contributed by atoms with E-state index in [1.807, 2.05) is 0 Å². The third kappa shape index (κ3) is 4.23. The first-order chi connectivity index (χ1) is 11.4. The zero-order valence-corrected chi connectivity index (χ0v) is 14.6. The van der Waals surface area contributed by atoms with Crippen LogP contribution < -0.4 is 5.32 Å². The number of rotatable bonds is 4. The molecule has 6 nitrogen and oxygen atoms in total. The zero-order valence-electron chi connectivity index (χ0n) is 14.6. The highest BCUT2D eigenvalue weighted by molar-refractivity contribution is 5.88. The molecule has 0 spiro atoms. The largest absolute Gasteiger partial charge is 0.393 e. The summed E-state index contributed by atoms with van der Waals surface area (Å²) in [5.41, 5.74) is 1.65. The summed E-state index contributed by atoms with van der Waals surface area (Å²) in [5, 5.41) is 19.9. The van der Waals surface area contributed by atoms with Gasteiger partial charge in [-0.1, -0.05) is 19.4 Å². The molecule has 3 N–H and O–H groups in total. The molecule has 0 saturated heterocycles. The maximum atomic E-state index is 12.1. The second-order valence-corrected chi connectivity index (χ2v) is 8.08. The fraction of sp³-hybridized carbons (Fsp3) is 0.722. The van der Waals surface area contributed by atoms with Crippen LogP contribution in [0.2, 0.25) is 0 Å². The summed E-state index contributed by atoms with van der Waals surface area (Å²) < 4.78 is 0. The third-order valence-electron chi connectivity index (χ3n) is 5.60. The molecule has 2 fully saturated rings. The predicted octanol–water partition coefficient (Wildman–Crippen LogP) is 2.30. The van der Waals surface area contributed by atoms with Gasteiger partial charge in [0.05, 0.1) is 6.10 Å². The fourth-order valence-corrected chi connectivity index (χ4v) is 3.82. The summed E-state index contributed by atoms with van der Waals surface area (Å²) in [6, 6.07) is 0. The molecule has 2 aliphatic rings. The Morgan fingerprint density at radius 3 is 2.83 bits per heavy atom. The second-order valence-electron chi connectivity index (χ2n) is 8.08. The molecule has 6 heteroatoms. The van der Waals surface area contributed by atoms with E-state index >= 15 is 0 Å². The van der Waals surface area contributed by atoms with Gasteiger partial charge < -0.3 is 10.4 Å². The van der Waals surface area contributed by atoms with Gasteiger partial charge in [-0.05, 0) is 43.9 Å². The van der Waals surface area contributed by atoms with E-state index in [1.54, 1.807) is 6.08 Å². The summed E-state index contributed by atoms with van der Waals surface area (Å²) in [7, 11) is 0. The number of nitrogens with one attached hydrogen (secondary N) is 2. The molecule has 2 saturated carbocycles. The zero-order chi connectivity index (χ0) is 17.2. The van der Waals surface area contributed by atoms with Crippen molar-refractivity contribution in [3.05, 3.63) is 23.8 Å². The van der Waals surface area contributed by atoms with E-state index in [9.17, 15) is 9.90 Å². The normalized spacial score (nSPS) is 29.5. The maximum Gasteiger partial charge on any atom is 0.243 e. The molecule has 0 unspecified atom stereocenters. The first kappa shape index (κ1) is 17.1. The van der Waals surface area contributed by atoms with Gasteiger partial charge in [0.25, 0.3) is 0 Å². The van der Waals surface area contributed by atoms with Crippen molar-refractivity contribution in [2.24, 2.45) is 11.3 Å². The molecular formula is C18H28N4O2. The number of carbonyl (C=O) groups excluding carboxylic acids is 1. The number of aromatic nitrogens is 3. The van der Waals surface area contributed by atoms with Crippen LogP contribution in [-0.2, 0) is 4.79 Å². The Hall–Kier alpha value is -1.69. The molecule has 0 aromatic carbocycles. The Labute approximate surface area is 143 Å². The standard InChI is InChI=1S/C18H28N4O2/c1-18(2)5-3-12(4-6-18)7-16(24)19-10-14-8-13(9-15(14)23)17-20-11-21-22-17/h7,11,13-15,23H,3-6,8-10H2,1-2H3,(H,19,24)(H,20,21,22)/t13-,14+,15+/m1/s1. The first-order valence-corrected chi connectivity index (χ1v) is 8.93. The predicted molar refractivity (Wildman–Crippen MR) is 91.2 cm³/mol. The maximum absolute atomic E-state index is 12.1. The third-order valence-corrected chi connectivity index (χ3v) is 5.60. The van der Waals surface area contributed by atoms with Crippen LogP contribution in [0, 0.1) is 11.3 Å². The van der Waals surface area contributed by atoms with Crippen molar-refractivity contribution < 1.29 is 9.90 Å². The van der Waals surface area contributed by atoms with E-state index in [1.165, 1.54) is 11.9 Å². The fourth-order valence-electron chi connectivity index (χ4n) is 3.82. The average molecular weight is 332 g/mol. The minimum absolute atomic E-state index is 0.0278. The van der Waals surface area contributed by atoms with E-state index in [0.717, 1.165) is 37.9 Å². The van der Waals surface area contributed by atoms with Gasteiger partial charge in [-0.15, -0.1) is 0 Å². The number of H-pyrrole nitrogens is 1. The van der Waals surface area contributed by atoms with Crippen LogP contribution in [0.15, 0.2) is 18.0 Å². The van der Waals surface area contributed by atoms with Crippen molar-refractivity contribution in [3.8, 4) is 0 Å². The van der Waals surface area contributed by atoms with Crippen LogP contribution in [0.25, 0.3) is 0 Å². The molecule has 0 bridgehead atoms. The van der Waals surface area contributed by atoms with Gasteiger partial charge in [0.2, 0.25) is 5.91 Å². The van der Waals surface area contributed by atoms with Gasteiger partial charge in [0.1, 0.15) is 12.2 Å². The molecule has 1 heterocycles. The van der Waals surface area contributed by atoms with Crippen molar-refractivity contribution in [1.82, 2.24) is 20.5 Å². The van der Waals surface area contributed by atoms with Crippen LogP contribution >= 0.6 is 0 Å². The number of aromatic amines is 1. The lowest BCUT2D eigenvalue weighted by Crippen LogP contribution is -2.31. The minimum Gasteiger partial charge on any atom is -0.393 e. The van der Waals surface area contributed by atoms with Gasteiger partial charge in [-0.2, -0.15) is 5.10 Å². The van der Waals surface area contributed by atoms with Gasteiger partial charge in [-0.25, -0.2) is 4.98 Å². The highest BCUT2D eigenvalue weighted by Gasteiger charge is 2.35.